The summed E-state index contributed by atoms with van der Waals surface area (Å²) in [6.45, 7) is 6.15. The van der Waals surface area contributed by atoms with Crippen molar-refractivity contribution in [2.75, 3.05) is 37.4 Å². The lowest BCUT2D eigenvalue weighted by Gasteiger charge is -2.20. The van der Waals surface area contributed by atoms with Crippen LogP contribution in [-0.4, -0.2) is 45.8 Å². The van der Waals surface area contributed by atoms with E-state index in [1.807, 2.05) is 31.1 Å². The van der Waals surface area contributed by atoms with Crippen LogP contribution in [0.2, 0.25) is 0 Å². The van der Waals surface area contributed by atoms with Crippen LogP contribution in [0.5, 0.6) is 0 Å². The lowest BCUT2D eigenvalue weighted by Crippen LogP contribution is -2.31. The smallest absolute Gasteiger partial charge is 0.255 e. The third-order valence-electron chi connectivity index (χ3n) is 4.39. The van der Waals surface area contributed by atoms with Crippen molar-refractivity contribution in [2.24, 2.45) is 0 Å². The fourth-order valence-corrected chi connectivity index (χ4v) is 4.50. The summed E-state index contributed by atoms with van der Waals surface area (Å²) in [6, 6.07) is 12.2. The second-order valence-corrected chi connectivity index (χ2v) is 8.37. The summed E-state index contributed by atoms with van der Waals surface area (Å²) in [6.07, 6.45) is 0. The molecule has 2 rings (SSSR count). The van der Waals surface area contributed by atoms with Crippen molar-refractivity contribution in [3.8, 4) is 0 Å². The molecule has 7 heteroatoms. The normalized spacial score (nSPS) is 11.5. The first-order chi connectivity index (χ1) is 12.7. The number of amides is 1. The quantitative estimate of drug-likeness (QED) is 0.788. The molecule has 6 nitrogen and oxygen atoms in total. The topological polar surface area (TPSA) is 69.7 Å². The van der Waals surface area contributed by atoms with Crippen LogP contribution >= 0.6 is 0 Å². The molecular formula is C20H27N3O3S. The predicted octanol–water partition coefficient (Wildman–Crippen LogP) is 3.34. The van der Waals surface area contributed by atoms with E-state index in [4.69, 9.17) is 0 Å². The number of carbonyl (C=O) groups is 1. The molecule has 0 aromatic heterocycles. The van der Waals surface area contributed by atoms with Crippen molar-refractivity contribution in [3.05, 3.63) is 53.6 Å². The third-order valence-corrected chi connectivity index (χ3v) is 6.59. The lowest BCUT2D eigenvalue weighted by molar-refractivity contribution is 0.102. The first kappa shape index (κ1) is 20.9. The van der Waals surface area contributed by atoms with E-state index in [1.54, 1.807) is 45.0 Å². The van der Waals surface area contributed by atoms with Gasteiger partial charge in [-0.2, -0.15) is 4.31 Å². The maximum Gasteiger partial charge on any atom is 0.255 e. The summed E-state index contributed by atoms with van der Waals surface area (Å²) in [5.41, 5.74) is 2.52. The highest BCUT2D eigenvalue weighted by Gasteiger charge is 2.24. The average molecular weight is 390 g/mol. The molecule has 146 valence electrons. The molecule has 0 heterocycles. The molecule has 0 unspecified atom stereocenters. The van der Waals surface area contributed by atoms with E-state index in [9.17, 15) is 13.2 Å². The standard InChI is InChI=1S/C20H27N3O3S/c1-6-23(7-2)27(25,26)19-14-17(12-11-15(19)3)21-20(24)16-9-8-10-18(13-16)22(4)5/h8-14H,6-7H2,1-5H3,(H,21,24). The Kier molecular flexibility index (Phi) is 6.62. The molecule has 0 saturated carbocycles. The highest BCUT2D eigenvalue weighted by Crippen LogP contribution is 2.24. The lowest BCUT2D eigenvalue weighted by atomic mass is 10.1. The van der Waals surface area contributed by atoms with Gasteiger partial charge in [0.25, 0.3) is 5.91 Å². The molecule has 1 N–H and O–H groups in total. The Morgan fingerprint density at radius 2 is 1.70 bits per heavy atom. The molecule has 2 aromatic carbocycles. The first-order valence-electron chi connectivity index (χ1n) is 8.90. The minimum Gasteiger partial charge on any atom is -0.378 e. The Balaban J connectivity index is 2.33. The van der Waals surface area contributed by atoms with E-state index >= 15 is 0 Å². The first-order valence-corrected chi connectivity index (χ1v) is 10.3. The monoisotopic (exact) mass is 389 g/mol. The second-order valence-electron chi connectivity index (χ2n) is 6.47. The number of carbonyl (C=O) groups excluding carboxylic acids is 1. The van der Waals surface area contributed by atoms with Gasteiger partial charge >= 0.3 is 0 Å². The molecule has 2 aromatic rings. The molecule has 0 fully saturated rings. The van der Waals surface area contributed by atoms with Crippen molar-refractivity contribution in [1.82, 2.24) is 4.31 Å². The Bertz CT molecular complexity index is 920. The highest BCUT2D eigenvalue weighted by molar-refractivity contribution is 7.89. The van der Waals surface area contributed by atoms with Gasteiger partial charge in [-0.1, -0.05) is 26.0 Å². The van der Waals surface area contributed by atoms with Gasteiger partial charge < -0.3 is 10.2 Å². The number of anilines is 2. The number of sulfonamides is 1. The van der Waals surface area contributed by atoms with Crippen molar-refractivity contribution < 1.29 is 13.2 Å². The average Bonchev–Trinajstić information content (AvgIpc) is 2.64. The van der Waals surface area contributed by atoms with E-state index in [-0.39, 0.29) is 10.8 Å². The van der Waals surface area contributed by atoms with Gasteiger partial charge in [-0.05, 0) is 42.8 Å². The molecule has 0 spiro atoms. The minimum absolute atomic E-state index is 0.214. The number of aryl methyl sites for hydroxylation is 1. The van der Waals surface area contributed by atoms with Gasteiger partial charge in [0.05, 0.1) is 4.90 Å². The van der Waals surface area contributed by atoms with Gasteiger partial charge in [-0.3, -0.25) is 4.79 Å². The summed E-state index contributed by atoms with van der Waals surface area (Å²) >= 11 is 0. The second kappa shape index (κ2) is 8.54. The molecule has 0 aliphatic rings. The molecule has 0 atom stereocenters. The number of rotatable bonds is 7. The molecule has 0 bridgehead atoms. The minimum atomic E-state index is -3.60. The Labute approximate surface area is 161 Å². The van der Waals surface area contributed by atoms with E-state index < -0.39 is 10.0 Å². The molecule has 0 saturated heterocycles. The van der Waals surface area contributed by atoms with Gasteiger partial charge in [-0.15, -0.1) is 0 Å². The largest absolute Gasteiger partial charge is 0.378 e. The van der Waals surface area contributed by atoms with Crippen LogP contribution in [0.1, 0.15) is 29.8 Å². The number of nitrogens with one attached hydrogen (secondary N) is 1. The maximum absolute atomic E-state index is 12.9. The number of hydrogen-bond acceptors (Lipinski definition) is 4. The van der Waals surface area contributed by atoms with Crippen LogP contribution in [-0.2, 0) is 10.0 Å². The molecule has 0 aliphatic carbocycles. The van der Waals surface area contributed by atoms with E-state index in [0.717, 1.165) is 5.69 Å². The molecular weight excluding hydrogens is 362 g/mol. The Morgan fingerprint density at radius 3 is 2.30 bits per heavy atom. The van der Waals surface area contributed by atoms with Gasteiger partial charge in [0.1, 0.15) is 0 Å². The molecule has 0 aliphatic heterocycles. The highest BCUT2D eigenvalue weighted by atomic mass is 32.2. The maximum atomic E-state index is 12.9. The number of benzene rings is 2. The van der Waals surface area contributed by atoms with E-state index in [2.05, 4.69) is 5.32 Å². The van der Waals surface area contributed by atoms with Gasteiger partial charge in [0.2, 0.25) is 10.0 Å². The fraction of sp³-hybridized carbons (Fsp3) is 0.350. The van der Waals surface area contributed by atoms with Crippen molar-refractivity contribution in [2.45, 2.75) is 25.7 Å². The summed E-state index contributed by atoms with van der Waals surface area (Å²) in [5.74, 6) is -0.284. The van der Waals surface area contributed by atoms with Gasteiger partial charge in [-0.25, -0.2) is 8.42 Å². The zero-order valence-corrected chi connectivity index (χ0v) is 17.3. The predicted molar refractivity (Wildman–Crippen MR) is 110 cm³/mol. The zero-order chi connectivity index (χ0) is 20.2. The van der Waals surface area contributed by atoms with Crippen molar-refractivity contribution in [3.63, 3.8) is 0 Å². The van der Waals surface area contributed by atoms with E-state index in [0.29, 0.717) is 29.9 Å². The Morgan fingerprint density at radius 1 is 1.04 bits per heavy atom. The number of nitrogens with zero attached hydrogens (tertiary/aromatic N) is 2. The zero-order valence-electron chi connectivity index (χ0n) is 16.5. The van der Waals surface area contributed by atoms with Crippen LogP contribution in [0, 0.1) is 6.92 Å². The van der Waals surface area contributed by atoms with Crippen molar-refractivity contribution in [1.29, 1.82) is 0 Å². The van der Waals surface area contributed by atoms with Crippen LogP contribution in [0.4, 0.5) is 11.4 Å². The molecule has 0 radical (unpaired) electrons. The Hall–Kier alpha value is -2.38. The van der Waals surface area contributed by atoms with Gasteiger partial charge in [0, 0.05) is 44.1 Å². The molecule has 1 amide bonds. The number of hydrogen-bond donors (Lipinski definition) is 1. The summed E-state index contributed by atoms with van der Waals surface area (Å²) < 4.78 is 27.1. The summed E-state index contributed by atoms with van der Waals surface area (Å²) in [7, 11) is 0.211. The SMILES string of the molecule is CCN(CC)S(=O)(=O)c1cc(NC(=O)c2cccc(N(C)C)c2)ccc1C. The summed E-state index contributed by atoms with van der Waals surface area (Å²) in [5, 5.41) is 2.80. The van der Waals surface area contributed by atoms with Gasteiger partial charge in [0.15, 0.2) is 0 Å². The van der Waals surface area contributed by atoms with Crippen LogP contribution in [0.15, 0.2) is 47.4 Å². The van der Waals surface area contributed by atoms with E-state index in [1.165, 1.54) is 10.4 Å². The van der Waals surface area contributed by atoms with Crippen LogP contribution < -0.4 is 10.2 Å². The summed E-state index contributed by atoms with van der Waals surface area (Å²) in [4.78, 5) is 14.7. The van der Waals surface area contributed by atoms with Crippen LogP contribution in [0.3, 0.4) is 0 Å². The molecule has 27 heavy (non-hydrogen) atoms. The van der Waals surface area contributed by atoms with Crippen molar-refractivity contribution >= 4 is 27.3 Å². The van der Waals surface area contributed by atoms with Crippen LogP contribution in [0.25, 0.3) is 0 Å². The third kappa shape index (κ3) is 4.67. The fourth-order valence-electron chi connectivity index (χ4n) is 2.79.